The smallest absolute Gasteiger partial charge is 0.348 e. The van der Waals surface area contributed by atoms with Crippen LogP contribution in [0.15, 0.2) is 33.5 Å². The molecule has 1 saturated heterocycles. The molecule has 10 heteroatoms. The van der Waals surface area contributed by atoms with E-state index in [2.05, 4.69) is 5.38 Å². The van der Waals surface area contributed by atoms with Crippen LogP contribution in [0.4, 0.5) is 0 Å². The fourth-order valence-corrected chi connectivity index (χ4v) is 7.50. The van der Waals surface area contributed by atoms with Crippen molar-refractivity contribution in [2.24, 2.45) is 0 Å². The Labute approximate surface area is 213 Å². The highest BCUT2D eigenvalue weighted by atomic mass is 35.5. The number of rotatable bonds is 7. The van der Waals surface area contributed by atoms with Crippen LogP contribution in [0.3, 0.4) is 0 Å². The number of fused-ring (bicyclic) bond motifs is 2. The average molecular weight is 535 g/mol. The highest BCUT2D eigenvalue weighted by Crippen LogP contribution is 2.34. The van der Waals surface area contributed by atoms with Crippen LogP contribution in [0.25, 0.3) is 20.3 Å². The summed E-state index contributed by atoms with van der Waals surface area (Å²) in [5.74, 6) is 0.239. The molecule has 6 nitrogen and oxygen atoms in total. The highest BCUT2D eigenvalue weighted by molar-refractivity contribution is 7.98. The molecule has 0 amide bonds. The van der Waals surface area contributed by atoms with Crippen molar-refractivity contribution in [3.05, 3.63) is 55.0 Å². The standard InChI is InChI=1S/C24H23ClN2O4S3/c1-3-30-23(29)20-13(2)19-21(34-20)26-24(27(22(19)28)10-16-5-4-8-31-16)33-12-14-11-32-18-7-6-15(25)9-17(14)18/h6-7,9,11,16H,3-5,8,10,12H2,1-2H3/t16-/m0/s1. The molecular formula is C24H23ClN2O4S3. The van der Waals surface area contributed by atoms with Gasteiger partial charge in [-0.2, -0.15) is 0 Å². The topological polar surface area (TPSA) is 70.4 Å². The second-order valence-corrected chi connectivity index (χ2v) is 11.4. The van der Waals surface area contributed by atoms with Gasteiger partial charge in [0.25, 0.3) is 5.56 Å². The van der Waals surface area contributed by atoms with E-state index in [1.807, 2.05) is 18.2 Å². The van der Waals surface area contributed by atoms with Crippen LogP contribution < -0.4 is 5.56 Å². The minimum atomic E-state index is -0.413. The molecular weight excluding hydrogens is 512 g/mol. The molecule has 34 heavy (non-hydrogen) atoms. The predicted molar refractivity (Wildman–Crippen MR) is 140 cm³/mol. The molecule has 1 atom stereocenters. The monoisotopic (exact) mass is 534 g/mol. The van der Waals surface area contributed by atoms with Gasteiger partial charge in [-0.1, -0.05) is 23.4 Å². The second-order valence-electron chi connectivity index (χ2n) is 8.09. The van der Waals surface area contributed by atoms with Crippen LogP contribution in [0.2, 0.25) is 5.02 Å². The Bertz CT molecular complexity index is 1440. The van der Waals surface area contributed by atoms with E-state index in [1.54, 1.807) is 29.8 Å². The van der Waals surface area contributed by atoms with Gasteiger partial charge in [0, 0.05) is 22.1 Å². The Balaban J connectivity index is 1.56. The predicted octanol–water partition coefficient (Wildman–Crippen LogP) is 6.28. The number of aromatic nitrogens is 2. The van der Waals surface area contributed by atoms with Gasteiger partial charge in [-0.25, -0.2) is 9.78 Å². The van der Waals surface area contributed by atoms with E-state index >= 15 is 0 Å². The van der Waals surface area contributed by atoms with Gasteiger partial charge in [-0.15, -0.1) is 22.7 Å². The van der Waals surface area contributed by atoms with E-state index in [-0.39, 0.29) is 18.3 Å². The quantitative estimate of drug-likeness (QED) is 0.158. The van der Waals surface area contributed by atoms with Gasteiger partial charge in [0.1, 0.15) is 9.71 Å². The van der Waals surface area contributed by atoms with Crippen LogP contribution in [-0.2, 0) is 21.8 Å². The lowest BCUT2D eigenvalue weighted by atomic mass is 10.2. The summed E-state index contributed by atoms with van der Waals surface area (Å²) in [6.45, 7) is 5.00. The number of esters is 1. The molecule has 4 aromatic rings. The Morgan fingerprint density at radius 2 is 2.26 bits per heavy atom. The maximum atomic E-state index is 13.7. The zero-order chi connectivity index (χ0) is 23.8. The molecule has 0 radical (unpaired) electrons. The summed E-state index contributed by atoms with van der Waals surface area (Å²) in [4.78, 5) is 32.0. The number of carbonyl (C=O) groups excluding carboxylic acids is 1. The van der Waals surface area contributed by atoms with Crippen LogP contribution in [0, 0.1) is 6.92 Å². The summed E-state index contributed by atoms with van der Waals surface area (Å²) in [7, 11) is 0. The molecule has 178 valence electrons. The van der Waals surface area contributed by atoms with Crippen molar-refractivity contribution in [2.75, 3.05) is 13.2 Å². The summed E-state index contributed by atoms with van der Waals surface area (Å²) in [6, 6.07) is 5.90. The first kappa shape index (κ1) is 23.8. The third kappa shape index (κ3) is 4.52. The third-order valence-corrected chi connectivity index (χ3v) is 9.30. The lowest BCUT2D eigenvalue weighted by molar-refractivity contribution is 0.0531. The number of hydrogen-bond acceptors (Lipinski definition) is 8. The summed E-state index contributed by atoms with van der Waals surface area (Å²) < 4.78 is 13.9. The minimum absolute atomic E-state index is 0.0134. The average Bonchev–Trinajstić information content (AvgIpc) is 3.54. The fraction of sp³-hybridized carbons (Fsp3) is 0.375. The molecule has 5 rings (SSSR count). The van der Waals surface area contributed by atoms with E-state index < -0.39 is 5.97 Å². The zero-order valence-electron chi connectivity index (χ0n) is 18.8. The summed E-state index contributed by atoms with van der Waals surface area (Å²) in [5.41, 5.74) is 1.65. The maximum Gasteiger partial charge on any atom is 0.348 e. The van der Waals surface area contributed by atoms with Gasteiger partial charge in [0.2, 0.25) is 0 Å². The summed E-state index contributed by atoms with van der Waals surface area (Å²) in [6.07, 6.45) is 1.89. The summed E-state index contributed by atoms with van der Waals surface area (Å²) in [5, 5.41) is 5.07. The number of ether oxygens (including phenoxy) is 2. The number of hydrogen-bond donors (Lipinski definition) is 0. The van der Waals surface area contributed by atoms with Crippen LogP contribution in [0.5, 0.6) is 0 Å². The van der Waals surface area contributed by atoms with E-state index in [0.29, 0.717) is 49.7 Å². The number of carbonyl (C=O) groups is 1. The fourth-order valence-electron chi connectivity index (χ4n) is 4.16. The molecule has 4 heterocycles. The number of benzene rings is 1. The molecule has 1 aromatic carbocycles. The molecule has 0 unspecified atom stereocenters. The molecule has 3 aromatic heterocycles. The first-order valence-corrected chi connectivity index (χ1v) is 14.1. The lowest BCUT2D eigenvalue weighted by Gasteiger charge is -2.16. The van der Waals surface area contributed by atoms with E-state index in [9.17, 15) is 9.59 Å². The van der Waals surface area contributed by atoms with Crippen molar-refractivity contribution < 1.29 is 14.3 Å². The van der Waals surface area contributed by atoms with Crippen molar-refractivity contribution in [1.82, 2.24) is 9.55 Å². The molecule has 1 fully saturated rings. The molecule has 0 aliphatic carbocycles. The Kier molecular flexibility index (Phi) is 7.00. The second kappa shape index (κ2) is 9.99. The number of halogens is 1. The highest BCUT2D eigenvalue weighted by Gasteiger charge is 2.25. The van der Waals surface area contributed by atoms with Crippen molar-refractivity contribution in [3.8, 4) is 0 Å². The lowest BCUT2D eigenvalue weighted by Crippen LogP contribution is -2.28. The van der Waals surface area contributed by atoms with Gasteiger partial charge in [0.05, 0.1) is 24.6 Å². The molecule has 0 spiro atoms. The number of thiophene rings is 2. The number of aryl methyl sites for hydroxylation is 1. The van der Waals surface area contributed by atoms with E-state index in [4.69, 9.17) is 26.1 Å². The first-order chi connectivity index (χ1) is 16.5. The Hall–Kier alpha value is -1.91. The number of thioether (sulfide) groups is 1. The zero-order valence-corrected chi connectivity index (χ0v) is 22.0. The van der Waals surface area contributed by atoms with Gasteiger partial charge < -0.3 is 9.47 Å². The third-order valence-electron chi connectivity index (χ3n) is 5.86. The Morgan fingerprint density at radius 3 is 3.03 bits per heavy atom. The van der Waals surface area contributed by atoms with Gasteiger partial charge >= 0.3 is 5.97 Å². The largest absolute Gasteiger partial charge is 0.462 e. The van der Waals surface area contributed by atoms with Crippen molar-refractivity contribution in [1.29, 1.82) is 0 Å². The van der Waals surface area contributed by atoms with Crippen LogP contribution in [-0.4, -0.2) is 34.8 Å². The molecule has 0 N–H and O–H groups in total. The molecule has 1 aliphatic heterocycles. The van der Waals surface area contributed by atoms with Crippen LogP contribution >= 0.6 is 46.0 Å². The first-order valence-electron chi connectivity index (χ1n) is 11.1. The minimum Gasteiger partial charge on any atom is -0.462 e. The van der Waals surface area contributed by atoms with Crippen LogP contribution in [0.1, 0.15) is 40.6 Å². The normalized spacial score (nSPS) is 16.0. The van der Waals surface area contributed by atoms with Crippen molar-refractivity contribution in [3.63, 3.8) is 0 Å². The van der Waals surface area contributed by atoms with E-state index in [1.165, 1.54) is 27.8 Å². The molecule has 0 bridgehead atoms. The molecule has 0 saturated carbocycles. The Morgan fingerprint density at radius 1 is 1.41 bits per heavy atom. The van der Waals surface area contributed by atoms with Gasteiger partial charge in [-0.3, -0.25) is 9.36 Å². The molecule has 1 aliphatic rings. The maximum absolute atomic E-state index is 13.7. The van der Waals surface area contributed by atoms with Gasteiger partial charge in [-0.05, 0) is 66.8 Å². The SMILES string of the molecule is CCOC(=O)c1sc2nc(SCc3csc4ccc(Cl)cc34)n(C[C@@H]3CCCO3)c(=O)c2c1C. The van der Waals surface area contributed by atoms with E-state index in [0.717, 1.165) is 23.8 Å². The number of nitrogens with zero attached hydrogens (tertiary/aromatic N) is 2. The van der Waals surface area contributed by atoms with Crippen molar-refractivity contribution >= 4 is 72.3 Å². The van der Waals surface area contributed by atoms with Gasteiger partial charge in [0.15, 0.2) is 5.16 Å². The summed E-state index contributed by atoms with van der Waals surface area (Å²) >= 11 is 10.6. The van der Waals surface area contributed by atoms with Crippen molar-refractivity contribution in [2.45, 2.75) is 50.2 Å².